The van der Waals surface area contributed by atoms with E-state index in [-0.39, 0.29) is 17.9 Å². The van der Waals surface area contributed by atoms with Crippen LogP contribution in [0.25, 0.3) is 10.9 Å². The summed E-state index contributed by atoms with van der Waals surface area (Å²) in [5.74, 6) is 0.149. The maximum Gasteiger partial charge on any atom is 0.237 e. The molecular formula is C26H27N3O. The number of fused-ring (bicyclic) bond motifs is 1. The van der Waals surface area contributed by atoms with Crippen molar-refractivity contribution >= 4 is 16.8 Å². The van der Waals surface area contributed by atoms with E-state index in [1.54, 1.807) is 0 Å². The van der Waals surface area contributed by atoms with Crippen LogP contribution in [-0.4, -0.2) is 23.5 Å². The topological polar surface area (TPSA) is 56.9 Å². The van der Waals surface area contributed by atoms with Gasteiger partial charge >= 0.3 is 0 Å². The lowest BCUT2D eigenvalue weighted by molar-refractivity contribution is -0.122. The van der Waals surface area contributed by atoms with Gasteiger partial charge in [-0.05, 0) is 29.7 Å². The molecule has 4 heteroatoms. The first-order chi connectivity index (χ1) is 14.7. The van der Waals surface area contributed by atoms with E-state index >= 15 is 0 Å². The molecule has 0 spiro atoms. The monoisotopic (exact) mass is 397 g/mol. The summed E-state index contributed by atoms with van der Waals surface area (Å²) in [5, 5.41) is 7.68. The molecular weight excluding hydrogens is 370 g/mol. The van der Waals surface area contributed by atoms with Crippen molar-refractivity contribution in [3.05, 3.63) is 108 Å². The summed E-state index contributed by atoms with van der Waals surface area (Å²) < 4.78 is 0. The minimum Gasteiger partial charge on any atom is -0.361 e. The fraction of sp³-hybridized carbons (Fsp3) is 0.192. The summed E-state index contributed by atoms with van der Waals surface area (Å²) in [5.41, 5.74) is 4.69. The summed E-state index contributed by atoms with van der Waals surface area (Å²) >= 11 is 0. The van der Waals surface area contributed by atoms with Crippen LogP contribution in [0, 0.1) is 0 Å². The average Bonchev–Trinajstić information content (AvgIpc) is 3.23. The number of H-pyrrole nitrogens is 1. The van der Waals surface area contributed by atoms with E-state index in [4.69, 9.17) is 0 Å². The van der Waals surface area contributed by atoms with Crippen LogP contribution in [-0.2, 0) is 11.3 Å². The number of hydrogen-bond donors (Lipinski definition) is 3. The van der Waals surface area contributed by atoms with E-state index in [1.165, 1.54) is 16.5 Å². The smallest absolute Gasteiger partial charge is 0.237 e. The molecule has 0 fully saturated rings. The second-order valence-electron chi connectivity index (χ2n) is 7.59. The molecule has 30 heavy (non-hydrogen) atoms. The number of carbonyl (C=O) groups excluding carboxylic acids is 1. The van der Waals surface area contributed by atoms with E-state index in [1.807, 2.05) is 49.4 Å². The molecule has 3 aromatic carbocycles. The molecule has 152 valence electrons. The van der Waals surface area contributed by atoms with Crippen molar-refractivity contribution in [2.75, 3.05) is 6.54 Å². The molecule has 2 atom stereocenters. The Balaban J connectivity index is 1.46. The normalized spacial score (nSPS) is 13.1. The lowest BCUT2D eigenvalue weighted by Gasteiger charge is -2.21. The minimum atomic E-state index is -0.287. The molecule has 4 rings (SSSR count). The summed E-state index contributed by atoms with van der Waals surface area (Å²) in [7, 11) is 0. The van der Waals surface area contributed by atoms with E-state index in [9.17, 15) is 4.79 Å². The van der Waals surface area contributed by atoms with Crippen molar-refractivity contribution < 1.29 is 4.79 Å². The zero-order chi connectivity index (χ0) is 20.8. The molecule has 0 saturated carbocycles. The first-order valence-corrected chi connectivity index (χ1v) is 10.4. The Morgan fingerprint density at radius 1 is 0.900 bits per heavy atom. The second kappa shape index (κ2) is 9.42. The van der Waals surface area contributed by atoms with Crippen molar-refractivity contribution in [2.45, 2.75) is 25.4 Å². The van der Waals surface area contributed by atoms with Crippen molar-refractivity contribution in [1.29, 1.82) is 0 Å². The Hall–Kier alpha value is -3.37. The maximum absolute atomic E-state index is 12.6. The predicted octanol–water partition coefficient (Wildman–Crippen LogP) is 4.59. The van der Waals surface area contributed by atoms with Crippen LogP contribution in [0.4, 0.5) is 0 Å². The molecule has 0 aliphatic carbocycles. The molecule has 3 N–H and O–H groups in total. The van der Waals surface area contributed by atoms with Crippen LogP contribution < -0.4 is 10.6 Å². The number of rotatable bonds is 8. The van der Waals surface area contributed by atoms with Crippen molar-refractivity contribution in [3.63, 3.8) is 0 Å². The third-order valence-electron chi connectivity index (χ3n) is 5.53. The number of nitrogens with one attached hydrogen (secondary N) is 3. The van der Waals surface area contributed by atoms with Gasteiger partial charge in [-0.2, -0.15) is 0 Å². The van der Waals surface area contributed by atoms with Crippen LogP contribution in [0.1, 0.15) is 29.5 Å². The summed E-state index contributed by atoms with van der Waals surface area (Å²) in [4.78, 5) is 16.0. The van der Waals surface area contributed by atoms with Gasteiger partial charge in [0.1, 0.15) is 0 Å². The standard InChI is InChI=1S/C26H27N3O/c1-19(26(30)29-16-20-10-4-2-5-11-20)27-17-23(21-12-6-3-7-13-21)24-18-28-25-15-9-8-14-22(24)25/h2-15,18-19,23,27-28H,16-17H2,1H3,(H,29,30)/t19-,23-/m1/s1. The average molecular weight is 398 g/mol. The first kappa shape index (κ1) is 19.9. The predicted molar refractivity (Wildman–Crippen MR) is 122 cm³/mol. The fourth-order valence-electron chi connectivity index (χ4n) is 3.80. The van der Waals surface area contributed by atoms with Gasteiger partial charge in [0.2, 0.25) is 5.91 Å². The summed E-state index contributed by atoms with van der Waals surface area (Å²) in [6.07, 6.45) is 2.09. The van der Waals surface area contributed by atoms with Crippen LogP contribution in [0.2, 0.25) is 0 Å². The number of carbonyl (C=O) groups is 1. The van der Waals surface area contributed by atoms with Crippen LogP contribution >= 0.6 is 0 Å². The minimum absolute atomic E-state index is 0.00425. The quantitative estimate of drug-likeness (QED) is 0.407. The summed E-state index contributed by atoms with van der Waals surface area (Å²) in [6.45, 7) is 3.12. The Bertz CT molecular complexity index is 1090. The van der Waals surface area contributed by atoms with Crippen molar-refractivity contribution in [3.8, 4) is 0 Å². The van der Waals surface area contributed by atoms with Gasteiger partial charge in [-0.15, -0.1) is 0 Å². The third-order valence-corrected chi connectivity index (χ3v) is 5.53. The zero-order valence-corrected chi connectivity index (χ0v) is 17.1. The van der Waals surface area contributed by atoms with Gasteiger partial charge in [0.05, 0.1) is 6.04 Å². The number of aromatic amines is 1. The Kier molecular flexibility index (Phi) is 6.26. The number of benzene rings is 3. The number of hydrogen-bond acceptors (Lipinski definition) is 2. The third kappa shape index (κ3) is 4.61. The molecule has 0 saturated heterocycles. The highest BCUT2D eigenvalue weighted by molar-refractivity contribution is 5.84. The highest BCUT2D eigenvalue weighted by atomic mass is 16.2. The molecule has 0 unspecified atom stereocenters. The molecule has 4 aromatic rings. The van der Waals surface area contributed by atoms with Gasteiger partial charge in [-0.3, -0.25) is 4.79 Å². The fourth-order valence-corrected chi connectivity index (χ4v) is 3.80. The van der Waals surface area contributed by atoms with Gasteiger partial charge in [0.25, 0.3) is 0 Å². The molecule has 0 aliphatic heterocycles. The van der Waals surface area contributed by atoms with Crippen LogP contribution in [0.15, 0.2) is 91.1 Å². The molecule has 0 bridgehead atoms. The van der Waals surface area contributed by atoms with E-state index in [0.29, 0.717) is 13.1 Å². The van der Waals surface area contributed by atoms with Crippen LogP contribution in [0.5, 0.6) is 0 Å². The van der Waals surface area contributed by atoms with Gasteiger partial charge in [0.15, 0.2) is 0 Å². The SMILES string of the molecule is C[C@@H](NC[C@H](c1ccccc1)c1c[nH]c2ccccc12)C(=O)NCc1ccccc1. The van der Waals surface area contributed by atoms with E-state index in [0.717, 1.165) is 11.1 Å². The largest absolute Gasteiger partial charge is 0.361 e. The molecule has 1 amide bonds. The number of amides is 1. The van der Waals surface area contributed by atoms with Crippen LogP contribution in [0.3, 0.4) is 0 Å². The number of para-hydroxylation sites is 1. The van der Waals surface area contributed by atoms with Gasteiger partial charge in [-0.25, -0.2) is 0 Å². The van der Waals surface area contributed by atoms with Gasteiger partial charge in [0, 0.05) is 36.1 Å². The van der Waals surface area contributed by atoms with Gasteiger partial charge < -0.3 is 15.6 Å². The molecule has 0 aliphatic rings. The van der Waals surface area contributed by atoms with E-state index < -0.39 is 0 Å². The second-order valence-corrected chi connectivity index (χ2v) is 7.59. The Morgan fingerprint density at radius 2 is 1.57 bits per heavy atom. The lowest BCUT2D eigenvalue weighted by atomic mass is 9.90. The maximum atomic E-state index is 12.6. The highest BCUT2D eigenvalue weighted by Gasteiger charge is 2.20. The Morgan fingerprint density at radius 3 is 2.33 bits per heavy atom. The van der Waals surface area contributed by atoms with Crippen molar-refractivity contribution in [2.24, 2.45) is 0 Å². The lowest BCUT2D eigenvalue weighted by Crippen LogP contribution is -2.43. The zero-order valence-electron chi connectivity index (χ0n) is 17.1. The molecule has 1 aromatic heterocycles. The summed E-state index contributed by atoms with van der Waals surface area (Å²) in [6, 6.07) is 28.5. The first-order valence-electron chi connectivity index (χ1n) is 10.4. The molecule has 1 heterocycles. The number of aromatic nitrogens is 1. The molecule has 0 radical (unpaired) electrons. The van der Waals surface area contributed by atoms with Crippen molar-refractivity contribution in [1.82, 2.24) is 15.6 Å². The molecule has 4 nitrogen and oxygen atoms in total. The Labute approximate surface area is 177 Å². The van der Waals surface area contributed by atoms with E-state index in [2.05, 4.69) is 64.3 Å². The highest BCUT2D eigenvalue weighted by Crippen LogP contribution is 2.30. The van der Waals surface area contributed by atoms with Gasteiger partial charge in [-0.1, -0.05) is 78.9 Å².